The first-order valence-corrected chi connectivity index (χ1v) is 6.78. The molecule has 6 heteroatoms. The number of carbonyl (C=O) groups excluding carboxylic acids is 1. The lowest BCUT2D eigenvalue weighted by Crippen LogP contribution is -2.42. The van der Waals surface area contributed by atoms with Gasteiger partial charge in [-0.25, -0.2) is 4.39 Å². The molecule has 0 aliphatic carbocycles. The summed E-state index contributed by atoms with van der Waals surface area (Å²) in [4.78, 5) is 13.8. The third-order valence-electron chi connectivity index (χ3n) is 2.78. The number of morpholine rings is 1. The quantitative estimate of drug-likeness (QED) is 0.777. The second kappa shape index (κ2) is 5.99. The van der Waals surface area contributed by atoms with Gasteiger partial charge in [0.2, 0.25) is 5.91 Å². The lowest BCUT2D eigenvalue weighted by Gasteiger charge is -2.28. The summed E-state index contributed by atoms with van der Waals surface area (Å²) in [6.07, 6.45) is 0. The molecule has 0 aromatic heterocycles. The molecule has 1 atom stereocenters. The Morgan fingerprint density at radius 3 is 2.72 bits per heavy atom. The SMILES string of the molecule is O=C(C(Cl)c1ccc(F)c(Br)c1)N1CCOCC1. The van der Waals surface area contributed by atoms with E-state index >= 15 is 0 Å². The average Bonchev–Trinajstić information content (AvgIpc) is 2.41. The van der Waals surface area contributed by atoms with Crippen LogP contribution in [0.15, 0.2) is 22.7 Å². The van der Waals surface area contributed by atoms with Crippen LogP contribution in [-0.4, -0.2) is 37.1 Å². The zero-order valence-corrected chi connectivity index (χ0v) is 11.9. The number of nitrogens with zero attached hydrogens (tertiary/aromatic N) is 1. The molecular weight excluding hydrogens is 324 g/mol. The summed E-state index contributed by atoms with van der Waals surface area (Å²) in [5.41, 5.74) is 0.585. The van der Waals surface area contributed by atoms with Gasteiger partial charge in [-0.3, -0.25) is 4.79 Å². The Morgan fingerprint density at radius 1 is 1.44 bits per heavy atom. The third kappa shape index (κ3) is 3.02. The number of hydrogen-bond donors (Lipinski definition) is 0. The molecule has 0 saturated carbocycles. The van der Waals surface area contributed by atoms with E-state index < -0.39 is 5.38 Å². The Hall–Kier alpha value is -0.650. The predicted octanol–water partition coefficient (Wildman–Crippen LogP) is 2.73. The minimum absolute atomic E-state index is 0.168. The van der Waals surface area contributed by atoms with Crippen LogP contribution in [0, 0.1) is 5.82 Å². The van der Waals surface area contributed by atoms with Crippen LogP contribution >= 0.6 is 27.5 Å². The van der Waals surface area contributed by atoms with Crippen molar-refractivity contribution >= 4 is 33.4 Å². The van der Waals surface area contributed by atoms with Gasteiger partial charge in [-0.05, 0) is 33.6 Å². The van der Waals surface area contributed by atoms with Gasteiger partial charge in [0.15, 0.2) is 0 Å². The Balaban J connectivity index is 2.11. The number of ether oxygens (including phenoxy) is 1. The van der Waals surface area contributed by atoms with Crippen LogP contribution < -0.4 is 0 Å². The first kappa shape index (κ1) is 13.8. The van der Waals surface area contributed by atoms with E-state index in [1.54, 1.807) is 4.90 Å². The summed E-state index contributed by atoms with van der Waals surface area (Å²) in [5.74, 6) is -0.542. The zero-order valence-electron chi connectivity index (χ0n) is 9.54. The van der Waals surface area contributed by atoms with Crippen LogP contribution in [-0.2, 0) is 9.53 Å². The topological polar surface area (TPSA) is 29.5 Å². The maximum atomic E-state index is 13.1. The van der Waals surface area contributed by atoms with Crippen LogP contribution in [0.4, 0.5) is 4.39 Å². The number of benzene rings is 1. The lowest BCUT2D eigenvalue weighted by atomic mass is 10.1. The van der Waals surface area contributed by atoms with Gasteiger partial charge < -0.3 is 9.64 Å². The molecule has 0 spiro atoms. The minimum atomic E-state index is -0.792. The largest absolute Gasteiger partial charge is 0.378 e. The van der Waals surface area contributed by atoms with Crippen LogP contribution in [0.3, 0.4) is 0 Å². The molecule has 1 fully saturated rings. The molecule has 1 heterocycles. The second-order valence-electron chi connectivity index (χ2n) is 3.97. The smallest absolute Gasteiger partial charge is 0.245 e. The van der Waals surface area contributed by atoms with Gasteiger partial charge in [0.1, 0.15) is 11.2 Å². The molecule has 1 aliphatic rings. The molecule has 1 saturated heterocycles. The second-order valence-corrected chi connectivity index (χ2v) is 5.26. The van der Waals surface area contributed by atoms with Crippen molar-refractivity contribution < 1.29 is 13.9 Å². The number of carbonyl (C=O) groups is 1. The molecule has 1 unspecified atom stereocenters. The Labute approximate surface area is 118 Å². The molecule has 0 bridgehead atoms. The Morgan fingerprint density at radius 2 is 2.11 bits per heavy atom. The van der Waals surface area contributed by atoms with Gasteiger partial charge in [0.05, 0.1) is 17.7 Å². The molecule has 3 nitrogen and oxygen atoms in total. The number of amides is 1. The zero-order chi connectivity index (χ0) is 13.1. The van der Waals surface area contributed by atoms with E-state index in [1.165, 1.54) is 18.2 Å². The van der Waals surface area contributed by atoms with E-state index in [-0.39, 0.29) is 11.7 Å². The highest BCUT2D eigenvalue weighted by molar-refractivity contribution is 9.10. The fraction of sp³-hybridized carbons (Fsp3) is 0.417. The summed E-state index contributed by atoms with van der Waals surface area (Å²) in [7, 11) is 0. The third-order valence-corrected chi connectivity index (χ3v) is 3.82. The van der Waals surface area contributed by atoms with Crippen molar-refractivity contribution in [3.63, 3.8) is 0 Å². The fourth-order valence-electron chi connectivity index (χ4n) is 1.76. The minimum Gasteiger partial charge on any atom is -0.378 e. The molecule has 98 valence electrons. The van der Waals surface area contributed by atoms with Crippen molar-refractivity contribution in [3.05, 3.63) is 34.1 Å². The number of hydrogen-bond acceptors (Lipinski definition) is 2. The fourth-order valence-corrected chi connectivity index (χ4v) is 2.43. The molecular formula is C12H12BrClFNO2. The van der Waals surface area contributed by atoms with E-state index in [0.29, 0.717) is 36.3 Å². The van der Waals surface area contributed by atoms with Crippen molar-refractivity contribution in [2.45, 2.75) is 5.38 Å². The molecule has 2 rings (SSSR count). The molecule has 1 aliphatic heterocycles. The average molecular weight is 337 g/mol. The maximum Gasteiger partial charge on any atom is 0.245 e. The molecule has 1 aromatic rings. The van der Waals surface area contributed by atoms with E-state index in [1.807, 2.05) is 0 Å². The van der Waals surface area contributed by atoms with Crippen LogP contribution in [0.2, 0.25) is 0 Å². The highest BCUT2D eigenvalue weighted by Gasteiger charge is 2.25. The first-order valence-electron chi connectivity index (χ1n) is 5.55. The number of rotatable bonds is 2. The van der Waals surface area contributed by atoms with E-state index in [0.717, 1.165) is 0 Å². The highest BCUT2D eigenvalue weighted by Crippen LogP contribution is 2.27. The Bertz CT molecular complexity index is 452. The van der Waals surface area contributed by atoms with Gasteiger partial charge in [-0.1, -0.05) is 6.07 Å². The molecule has 1 amide bonds. The maximum absolute atomic E-state index is 13.1. The van der Waals surface area contributed by atoms with Crippen LogP contribution in [0.5, 0.6) is 0 Å². The standard InChI is InChI=1S/C12H12BrClFNO2/c13-9-7-8(1-2-10(9)15)11(14)12(17)16-3-5-18-6-4-16/h1-2,7,11H,3-6H2. The summed E-state index contributed by atoms with van der Waals surface area (Å²) in [6.45, 7) is 2.15. The van der Waals surface area contributed by atoms with E-state index in [2.05, 4.69) is 15.9 Å². The molecule has 0 radical (unpaired) electrons. The van der Waals surface area contributed by atoms with Crippen molar-refractivity contribution in [2.75, 3.05) is 26.3 Å². The van der Waals surface area contributed by atoms with E-state index in [9.17, 15) is 9.18 Å². The van der Waals surface area contributed by atoms with E-state index in [4.69, 9.17) is 16.3 Å². The van der Waals surface area contributed by atoms with Gasteiger partial charge in [0.25, 0.3) is 0 Å². The van der Waals surface area contributed by atoms with Gasteiger partial charge in [-0.15, -0.1) is 11.6 Å². The summed E-state index contributed by atoms with van der Waals surface area (Å²) >= 11 is 9.22. The number of halogens is 3. The molecule has 1 aromatic carbocycles. The summed E-state index contributed by atoms with van der Waals surface area (Å²) in [6, 6.07) is 4.35. The van der Waals surface area contributed by atoms with Crippen molar-refractivity contribution in [1.29, 1.82) is 0 Å². The first-order chi connectivity index (χ1) is 8.59. The van der Waals surface area contributed by atoms with Crippen molar-refractivity contribution in [1.82, 2.24) is 4.90 Å². The summed E-state index contributed by atoms with van der Waals surface area (Å²) in [5, 5.41) is -0.792. The van der Waals surface area contributed by atoms with Gasteiger partial charge in [0, 0.05) is 13.1 Å². The van der Waals surface area contributed by atoms with Crippen molar-refractivity contribution in [2.24, 2.45) is 0 Å². The van der Waals surface area contributed by atoms with Gasteiger partial charge in [-0.2, -0.15) is 0 Å². The van der Waals surface area contributed by atoms with Crippen LogP contribution in [0.25, 0.3) is 0 Å². The monoisotopic (exact) mass is 335 g/mol. The molecule has 0 N–H and O–H groups in total. The predicted molar refractivity (Wildman–Crippen MR) is 70.1 cm³/mol. The van der Waals surface area contributed by atoms with Crippen LogP contribution in [0.1, 0.15) is 10.9 Å². The number of alkyl halides is 1. The normalized spacial score (nSPS) is 17.6. The van der Waals surface area contributed by atoms with Crippen molar-refractivity contribution in [3.8, 4) is 0 Å². The Kier molecular flexibility index (Phi) is 4.59. The lowest BCUT2D eigenvalue weighted by molar-refractivity contribution is -0.134. The summed E-state index contributed by atoms with van der Waals surface area (Å²) < 4.78 is 18.6. The highest BCUT2D eigenvalue weighted by atomic mass is 79.9. The molecule has 18 heavy (non-hydrogen) atoms. The van der Waals surface area contributed by atoms with Gasteiger partial charge >= 0.3 is 0 Å².